The van der Waals surface area contributed by atoms with Crippen molar-refractivity contribution >= 4 is 28.8 Å². The zero-order valence-electron chi connectivity index (χ0n) is 32.9. The molecule has 1 unspecified atom stereocenters. The minimum Gasteiger partial charge on any atom is -0.344 e. The van der Waals surface area contributed by atoms with Crippen LogP contribution in [0.25, 0.3) is 33.4 Å². The average Bonchev–Trinajstić information content (AvgIpc) is 3.89. The number of hydrogen-bond donors (Lipinski definition) is 3. The summed E-state index contributed by atoms with van der Waals surface area (Å²) < 4.78 is 5.19. The van der Waals surface area contributed by atoms with Gasteiger partial charge in [0.15, 0.2) is 11.5 Å². The number of carbonyl (C=O) groups excluding carboxylic acids is 3. The molecule has 0 aliphatic carbocycles. The third-order valence-electron chi connectivity index (χ3n) is 11.4. The number of nitrogens with zero attached hydrogens (tertiary/aromatic N) is 5. The van der Waals surface area contributed by atoms with Crippen molar-refractivity contribution in [2.24, 2.45) is 0 Å². The minimum atomic E-state index is -0.404. The van der Waals surface area contributed by atoms with Gasteiger partial charge in [-0.2, -0.15) is 10.1 Å². The lowest BCUT2D eigenvalue weighted by atomic mass is 9.86. The molecule has 1 atom stereocenters. The van der Waals surface area contributed by atoms with Crippen molar-refractivity contribution in [2.45, 2.75) is 83.6 Å². The van der Waals surface area contributed by atoms with Crippen molar-refractivity contribution in [3.63, 3.8) is 0 Å². The van der Waals surface area contributed by atoms with Crippen molar-refractivity contribution in [3.05, 3.63) is 119 Å². The monoisotopic (exact) mass is 764 g/mol. The highest BCUT2D eigenvalue weighted by molar-refractivity contribution is 6.01. The van der Waals surface area contributed by atoms with E-state index in [-0.39, 0.29) is 29.0 Å². The molecule has 3 N–H and O–H groups in total. The van der Waals surface area contributed by atoms with Gasteiger partial charge in [-0.3, -0.25) is 24.8 Å². The molecular weight excluding hydrogens is 717 g/mol. The second kappa shape index (κ2) is 15.9. The Bertz CT molecular complexity index is 2420. The topological polar surface area (TPSA) is 159 Å². The Kier molecular flexibility index (Phi) is 10.5. The molecule has 3 aromatic carbocycles. The molecule has 0 bridgehead atoms. The number of pyridine rings is 1. The number of aromatic nitrogens is 5. The Hall–Kier alpha value is -6.01. The number of carbonyl (C=O) groups is 3. The Balaban J connectivity index is 0.846. The number of aromatic amines is 1. The molecule has 2 fully saturated rings. The molecule has 0 radical (unpaired) electrons. The standard InChI is InChI=1S/C45H48N8O4/c1-27-23-33(13-14-34(27)25-47-42(56)43-49-44(52-57-43)45(2,3)4)39-37-24-35(26-46-40(37)51-50-39)30-7-5-28(6-8-30)17-20-53-21-18-31(19-22-53)29-9-11-32(12-10-29)36-15-16-38(54)48-41(36)55/h5-14,23-24,26,31,36H,15-22,25H2,1-4H3,(H,47,56)(H,46,50,51)(H,48,54,55). The van der Waals surface area contributed by atoms with Crippen molar-refractivity contribution in [2.75, 3.05) is 19.6 Å². The predicted octanol–water partition coefficient (Wildman–Crippen LogP) is 7.15. The van der Waals surface area contributed by atoms with Gasteiger partial charge in [0.2, 0.25) is 11.8 Å². The summed E-state index contributed by atoms with van der Waals surface area (Å²) in [5.41, 5.74) is 9.98. The fourth-order valence-electron chi connectivity index (χ4n) is 7.85. The highest BCUT2D eigenvalue weighted by Crippen LogP contribution is 2.33. The zero-order chi connectivity index (χ0) is 39.7. The van der Waals surface area contributed by atoms with Crippen LogP contribution in [-0.4, -0.2) is 67.6 Å². The lowest BCUT2D eigenvalue weighted by Gasteiger charge is -2.32. The molecule has 12 nitrogen and oxygen atoms in total. The molecule has 12 heteroatoms. The van der Waals surface area contributed by atoms with E-state index in [1.54, 1.807) is 0 Å². The SMILES string of the molecule is Cc1cc(-c2[nH]nc3ncc(-c4ccc(CCN5CCC(c6ccc(C7CCC(=O)NC7=O)cc6)CC5)cc4)cc23)ccc1CNC(=O)c1nc(C(C)(C)C)no1. The Morgan fingerprint density at radius 1 is 0.912 bits per heavy atom. The number of rotatable bonds is 10. The summed E-state index contributed by atoms with van der Waals surface area (Å²) in [4.78, 5) is 48.0. The maximum Gasteiger partial charge on any atom is 0.315 e. The lowest BCUT2D eigenvalue weighted by Crippen LogP contribution is -2.39. The van der Waals surface area contributed by atoms with Gasteiger partial charge < -0.3 is 14.7 Å². The molecular formula is C45H48N8O4. The second-order valence-corrected chi connectivity index (χ2v) is 16.4. The molecule has 2 aliphatic rings. The van der Waals surface area contributed by atoms with Crippen LogP contribution < -0.4 is 10.6 Å². The number of benzene rings is 3. The molecule has 5 heterocycles. The van der Waals surface area contributed by atoms with Crippen LogP contribution in [0.5, 0.6) is 0 Å². The smallest absolute Gasteiger partial charge is 0.315 e. The maximum absolute atomic E-state index is 12.7. The largest absolute Gasteiger partial charge is 0.344 e. The van der Waals surface area contributed by atoms with Gasteiger partial charge in [-0.25, -0.2) is 4.98 Å². The molecule has 2 aliphatic heterocycles. The van der Waals surface area contributed by atoms with Crippen LogP contribution in [0.3, 0.4) is 0 Å². The Labute approximate surface area is 331 Å². The van der Waals surface area contributed by atoms with Crippen molar-refractivity contribution in [3.8, 4) is 22.4 Å². The fraction of sp³-hybridized carbons (Fsp3) is 0.356. The van der Waals surface area contributed by atoms with E-state index in [1.807, 2.05) is 46.0 Å². The first-order valence-electron chi connectivity index (χ1n) is 19.8. The number of likely N-dealkylation sites (tertiary alicyclic amines) is 1. The van der Waals surface area contributed by atoms with Crippen LogP contribution in [0, 0.1) is 6.92 Å². The number of fused-ring (bicyclic) bond motifs is 1. The first-order chi connectivity index (χ1) is 27.5. The molecule has 8 rings (SSSR count). The van der Waals surface area contributed by atoms with Gasteiger partial charge in [0.05, 0.1) is 11.6 Å². The number of H-pyrrole nitrogens is 1. The Morgan fingerprint density at radius 3 is 2.35 bits per heavy atom. The number of nitrogens with one attached hydrogen (secondary N) is 3. The summed E-state index contributed by atoms with van der Waals surface area (Å²) in [7, 11) is 0. The lowest BCUT2D eigenvalue weighted by molar-refractivity contribution is -0.134. The van der Waals surface area contributed by atoms with E-state index in [1.165, 1.54) is 11.1 Å². The van der Waals surface area contributed by atoms with E-state index in [2.05, 4.69) is 102 Å². The van der Waals surface area contributed by atoms with Gasteiger partial charge >= 0.3 is 11.8 Å². The van der Waals surface area contributed by atoms with E-state index in [0.29, 0.717) is 36.8 Å². The van der Waals surface area contributed by atoms with Gasteiger partial charge in [-0.1, -0.05) is 86.6 Å². The summed E-state index contributed by atoms with van der Waals surface area (Å²) >= 11 is 0. The van der Waals surface area contributed by atoms with E-state index in [9.17, 15) is 14.4 Å². The number of piperidine rings is 2. The number of imide groups is 1. The van der Waals surface area contributed by atoms with Crippen LogP contribution in [0.2, 0.25) is 0 Å². The van der Waals surface area contributed by atoms with Crippen LogP contribution >= 0.6 is 0 Å². The molecule has 0 saturated carbocycles. The average molecular weight is 765 g/mol. The quantitative estimate of drug-likeness (QED) is 0.123. The van der Waals surface area contributed by atoms with Gasteiger partial charge in [0.1, 0.15) is 0 Å². The number of hydrogen-bond acceptors (Lipinski definition) is 9. The van der Waals surface area contributed by atoms with Gasteiger partial charge in [0, 0.05) is 47.6 Å². The third-order valence-corrected chi connectivity index (χ3v) is 11.4. The Morgan fingerprint density at radius 2 is 1.65 bits per heavy atom. The molecule has 3 aromatic heterocycles. The first-order valence-corrected chi connectivity index (χ1v) is 19.8. The fourth-order valence-corrected chi connectivity index (χ4v) is 7.85. The minimum absolute atomic E-state index is 0.0430. The summed E-state index contributed by atoms with van der Waals surface area (Å²) in [5, 5.41) is 17.9. The summed E-state index contributed by atoms with van der Waals surface area (Å²) in [6, 6.07) is 25.5. The maximum atomic E-state index is 12.7. The summed E-state index contributed by atoms with van der Waals surface area (Å²) in [6.45, 7) is 11.4. The molecule has 57 heavy (non-hydrogen) atoms. The van der Waals surface area contributed by atoms with Crippen LogP contribution in [0.1, 0.15) is 103 Å². The van der Waals surface area contributed by atoms with E-state index in [4.69, 9.17) is 4.52 Å². The zero-order valence-corrected chi connectivity index (χ0v) is 32.9. The molecule has 6 aromatic rings. The van der Waals surface area contributed by atoms with Gasteiger partial charge in [-0.05, 0) is 97.1 Å². The van der Waals surface area contributed by atoms with Crippen LogP contribution in [0.4, 0.5) is 0 Å². The number of aryl methyl sites for hydroxylation is 1. The highest BCUT2D eigenvalue weighted by Gasteiger charge is 2.29. The van der Waals surface area contributed by atoms with E-state index in [0.717, 1.165) is 83.4 Å². The molecule has 2 saturated heterocycles. The van der Waals surface area contributed by atoms with Gasteiger partial charge in [0.25, 0.3) is 0 Å². The second-order valence-electron chi connectivity index (χ2n) is 16.4. The van der Waals surface area contributed by atoms with Crippen molar-refractivity contribution in [1.82, 2.24) is 40.9 Å². The first kappa shape index (κ1) is 37.9. The summed E-state index contributed by atoms with van der Waals surface area (Å²) in [6.07, 6.45) is 6.07. The normalized spacial score (nSPS) is 16.9. The van der Waals surface area contributed by atoms with Crippen molar-refractivity contribution < 1.29 is 18.9 Å². The number of amides is 3. The van der Waals surface area contributed by atoms with Crippen LogP contribution in [-0.2, 0) is 28.0 Å². The van der Waals surface area contributed by atoms with Gasteiger partial charge in [-0.15, -0.1) is 0 Å². The highest BCUT2D eigenvalue weighted by atomic mass is 16.5. The van der Waals surface area contributed by atoms with Crippen molar-refractivity contribution in [1.29, 1.82) is 0 Å². The van der Waals surface area contributed by atoms with E-state index >= 15 is 0 Å². The molecule has 0 spiro atoms. The molecule has 3 amide bonds. The summed E-state index contributed by atoms with van der Waals surface area (Å²) in [5.74, 6) is -0.0313. The van der Waals surface area contributed by atoms with E-state index < -0.39 is 5.91 Å². The van der Waals surface area contributed by atoms with Crippen LogP contribution in [0.15, 0.2) is 83.5 Å². The third kappa shape index (κ3) is 8.41. The molecule has 292 valence electrons. The predicted molar refractivity (Wildman–Crippen MR) is 217 cm³/mol.